The third-order valence-electron chi connectivity index (χ3n) is 4.25. The van der Waals surface area contributed by atoms with Crippen molar-refractivity contribution in [2.24, 2.45) is 5.92 Å². The Morgan fingerprint density at radius 1 is 1.48 bits per heavy atom. The molecule has 8 heteroatoms. The van der Waals surface area contributed by atoms with Crippen LogP contribution in [0.3, 0.4) is 0 Å². The zero-order chi connectivity index (χ0) is 18.4. The summed E-state index contributed by atoms with van der Waals surface area (Å²) >= 11 is 0. The van der Waals surface area contributed by atoms with Crippen molar-refractivity contribution in [3.63, 3.8) is 0 Å². The summed E-state index contributed by atoms with van der Waals surface area (Å²) in [7, 11) is 0. The van der Waals surface area contributed by atoms with E-state index in [-0.39, 0.29) is 17.8 Å². The highest BCUT2D eigenvalue weighted by Crippen LogP contribution is 2.18. The van der Waals surface area contributed by atoms with Gasteiger partial charge in [0.05, 0.1) is 5.56 Å². The van der Waals surface area contributed by atoms with Crippen LogP contribution in [0.1, 0.15) is 37.0 Å². The van der Waals surface area contributed by atoms with Crippen LogP contribution in [0.25, 0.3) is 0 Å². The van der Waals surface area contributed by atoms with Crippen molar-refractivity contribution < 1.29 is 22.7 Å². The predicted molar refractivity (Wildman–Crippen MR) is 87.6 cm³/mol. The first-order valence-corrected chi connectivity index (χ1v) is 8.42. The summed E-state index contributed by atoms with van der Waals surface area (Å²) in [6.07, 6.45) is -0.790. The number of ether oxygens (including phenoxy) is 1. The molecule has 1 aromatic rings. The molecule has 1 aliphatic rings. The molecule has 1 aromatic heterocycles. The van der Waals surface area contributed by atoms with Crippen molar-refractivity contribution in [1.82, 2.24) is 15.2 Å². The summed E-state index contributed by atoms with van der Waals surface area (Å²) < 4.78 is 40.8. The zero-order valence-corrected chi connectivity index (χ0v) is 14.5. The van der Waals surface area contributed by atoms with Crippen molar-refractivity contribution >= 4 is 5.91 Å². The second-order valence-electron chi connectivity index (χ2n) is 6.59. The lowest BCUT2D eigenvalue weighted by molar-refractivity contribution is -0.154. The average Bonchev–Trinajstić information content (AvgIpc) is 2.57. The second kappa shape index (κ2) is 8.51. The van der Waals surface area contributed by atoms with Crippen molar-refractivity contribution in [2.45, 2.75) is 38.9 Å². The highest BCUT2D eigenvalue weighted by atomic mass is 19.4. The predicted octanol–water partition coefficient (Wildman–Crippen LogP) is 2.87. The molecule has 25 heavy (non-hydrogen) atoms. The molecule has 0 aliphatic carbocycles. The number of rotatable bonds is 6. The molecule has 2 heterocycles. The van der Waals surface area contributed by atoms with Crippen LogP contribution in [-0.2, 0) is 0 Å². The molecular weight excluding hydrogens is 335 g/mol. The first-order valence-electron chi connectivity index (χ1n) is 8.42. The second-order valence-corrected chi connectivity index (χ2v) is 6.59. The lowest BCUT2D eigenvalue weighted by atomic mass is 9.99. The molecule has 140 valence electrons. The lowest BCUT2D eigenvalue weighted by Crippen LogP contribution is -2.46. The van der Waals surface area contributed by atoms with Crippen molar-refractivity contribution in [2.75, 3.05) is 26.2 Å². The Morgan fingerprint density at radius 2 is 2.24 bits per heavy atom. The van der Waals surface area contributed by atoms with Gasteiger partial charge >= 0.3 is 6.18 Å². The summed E-state index contributed by atoms with van der Waals surface area (Å²) in [6, 6.07) is 2.90. The minimum Gasteiger partial charge on any atom is -0.468 e. The maximum Gasteiger partial charge on any atom is 0.422 e. The summed E-state index contributed by atoms with van der Waals surface area (Å²) in [6.45, 7) is 5.48. The van der Waals surface area contributed by atoms with E-state index in [9.17, 15) is 18.0 Å². The number of hydrogen-bond donors (Lipinski definition) is 1. The van der Waals surface area contributed by atoms with E-state index in [2.05, 4.69) is 33.8 Å². The first kappa shape index (κ1) is 19.5. The van der Waals surface area contributed by atoms with E-state index in [1.54, 1.807) is 0 Å². The molecule has 0 aromatic carbocycles. The number of nitrogens with one attached hydrogen (secondary N) is 1. The Kier molecular flexibility index (Phi) is 6.64. The lowest BCUT2D eigenvalue weighted by Gasteiger charge is -2.35. The molecule has 2 unspecified atom stereocenters. The van der Waals surface area contributed by atoms with Gasteiger partial charge in [-0.15, -0.1) is 0 Å². The Morgan fingerprint density at radius 3 is 2.84 bits per heavy atom. The molecule has 0 bridgehead atoms. The number of halogens is 3. The molecule has 0 spiro atoms. The molecule has 1 amide bonds. The smallest absolute Gasteiger partial charge is 0.422 e. The maximum absolute atomic E-state index is 12.1. The molecule has 1 aliphatic heterocycles. The summed E-state index contributed by atoms with van der Waals surface area (Å²) in [5.74, 6) is 0.205. The Labute approximate surface area is 145 Å². The summed E-state index contributed by atoms with van der Waals surface area (Å²) in [5, 5.41) is 2.85. The SMILES string of the molecule is CC1CCCN(C(C)CNC(=O)c2ccc(OCC(F)(F)F)nc2)C1. The number of likely N-dealkylation sites (tertiary alicyclic amines) is 1. The standard InChI is InChI=1S/C17H24F3N3O2/c1-12-4-3-7-23(10-12)13(2)8-22-16(24)14-5-6-15(21-9-14)25-11-17(18,19)20/h5-6,9,12-13H,3-4,7-8,10-11H2,1-2H3,(H,22,24). The molecule has 1 saturated heterocycles. The number of carbonyl (C=O) groups excluding carboxylic acids is 1. The van der Waals surface area contributed by atoms with E-state index < -0.39 is 12.8 Å². The normalized spacial score (nSPS) is 20.1. The van der Waals surface area contributed by atoms with Crippen LogP contribution in [0, 0.1) is 5.92 Å². The van der Waals surface area contributed by atoms with Gasteiger partial charge in [-0.1, -0.05) is 6.92 Å². The number of aromatic nitrogens is 1. The molecule has 1 fully saturated rings. The van der Waals surface area contributed by atoms with Gasteiger partial charge in [-0.25, -0.2) is 4.98 Å². The van der Waals surface area contributed by atoms with Crippen LogP contribution in [0.4, 0.5) is 13.2 Å². The van der Waals surface area contributed by atoms with Crippen molar-refractivity contribution in [3.05, 3.63) is 23.9 Å². The molecule has 1 N–H and O–H groups in total. The van der Waals surface area contributed by atoms with E-state index in [1.807, 2.05) is 0 Å². The van der Waals surface area contributed by atoms with Crippen LogP contribution in [0.5, 0.6) is 5.88 Å². The number of carbonyl (C=O) groups is 1. The summed E-state index contributed by atoms with van der Waals surface area (Å²) in [4.78, 5) is 18.2. The van der Waals surface area contributed by atoms with Crippen LogP contribution in [-0.4, -0.2) is 54.3 Å². The third kappa shape index (κ3) is 6.53. The molecule has 5 nitrogen and oxygen atoms in total. The van der Waals surface area contributed by atoms with E-state index in [4.69, 9.17) is 0 Å². The maximum atomic E-state index is 12.1. The fourth-order valence-electron chi connectivity index (χ4n) is 2.85. The molecule has 2 atom stereocenters. The minimum absolute atomic E-state index is 0.162. The Balaban J connectivity index is 1.80. The van der Waals surface area contributed by atoms with Gasteiger partial charge in [0.2, 0.25) is 5.88 Å². The van der Waals surface area contributed by atoms with E-state index >= 15 is 0 Å². The molecule has 0 radical (unpaired) electrons. The monoisotopic (exact) mass is 359 g/mol. The largest absolute Gasteiger partial charge is 0.468 e. The van der Waals surface area contributed by atoms with E-state index in [0.29, 0.717) is 18.0 Å². The number of nitrogens with zero attached hydrogens (tertiary/aromatic N) is 2. The van der Waals surface area contributed by atoms with Gasteiger partial charge in [0.25, 0.3) is 5.91 Å². The van der Waals surface area contributed by atoms with Gasteiger partial charge in [-0.2, -0.15) is 13.2 Å². The molecule has 2 rings (SSSR count). The van der Waals surface area contributed by atoms with Crippen molar-refractivity contribution in [3.8, 4) is 5.88 Å². The highest BCUT2D eigenvalue weighted by Gasteiger charge is 2.28. The molecular formula is C17H24F3N3O2. The number of alkyl halides is 3. The summed E-state index contributed by atoms with van der Waals surface area (Å²) in [5.41, 5.74) is 0.290. The number of amides is 1. The third-order valence-corrected chi connectivity index (χ3v) is 4.25. The van der Waals surface area contributed by atoms with E-state index in [0.717, 1.165) is 13.1 Å². The van der Waals surface area contributed by atoms with Crippen LogP contribution >= 0.6 is 0 Å². The van der Waals surface area contributed by atoms with Gasteiger partial charge in [0.15, 0.2) is 6.61 Å². The van der Waals surface area contributed by atoms with Crippen LogP contribution in [0.2, 0.25) is 0 Å². The first-order chi connectivity index (χ1) is 11.7. The van der Waals surface area contributed by atoms with Gasteiger partial charge in [0, 0.05) is 31.4 Å². The van der Waals surface area contributed by atoms with Crippen LogP contribution in [0.15, 0.2) is 18.3 Å². The fourth-order valence-corrected chi connectivity index (χ4v) is 2.85. The zero-order valence-electron chi connectivity index (χ0n) is 14.5. The van der Waals surface area contributed by atoms with Gasteiger partial charge in [-0.3, -0.25) is 9.69 Å². The fraction of sp³-hybridized carbons (Fsp3) is 0.647. The van der Waals surface area contributed by atoms with E-state index in [1.165, 1.54) is 31.2 Å². The topological polar surface area (TPSA) is 54.5 Å². The Bertz CT molecular complexity index is 563. The average molecular weight is 359 g/mol. The minimum atomic E-state index is -4.42. The van der Waals surface area contributed by atoms with Gasteiger partial charge in [0.1, 0.15) is 0 Å². The van der Waals surface area contributed by atoms with Crippen LogP contribution < -0.4 is 10.1 Å². The van der Waals surface area contributed by atoms with Gasteiger partial charge < -0.3 is 10.1 Å². The Hall–Kier alpha value is -1.83. The number of pyridine rings is 1. The highest BCUT2D eigenvalue weighted by molar-refractivity contribution is 5.93. The van der Waals surface area contributed by atoms with Crippen molar-refractivity contribution in [1.29, 1.82) is 0 Å². The molecule has 0 saturated carbocycles. The quantitative estimate of drug-likeness (QED) is 0.849. The number of hydrogen-bond acceptors (Lipinski definition) is 4. The number of piperidine rings is 1. The van der Waals surface area contributed by atoms with Gasteiger partial charge in [-0.05, 0) is 38.3 Å².